The molecule has 0 radical (unpaired) electrons. The zero-order chi connectivity index (χ0) is 19.4. The molecule has 4 nitrogen and oxygen atoms in total. The van der Waals surface area contributed by atoms with Crippen LogP contribution in [-0.2, 0) is 5.41 Å². The van der Waals surface area contributed by atoms with Crippen LogP contribution in [0.5, 0.6) is 0 Å². The molecule has 0 fully saturated rings. The molecule has 1 amide bonds. The normalized spacial score (nSPS) is 11.7. The van der Waals surface area contributed by atoms with Crippen molar-refractivity contribution in [1.82, 2.24) is 5.43 Å². The monoisotopic (exact) mass is 380 g/mol. The van der Waals surface area contributed by atoms with Gasteiger partial charge >= 0.3 is 0 Å². The summed E-state index contributed by atoms with van der Waals surface area (Å²) in [5.41, 5.74) is 5.21. The molecule has 1 N–H and O–H groups in total. The van der Waals surface area contributed by atoms with Crippen LogP contribution < -0.4 is 5.43 Å². The molecule has 0 aliphatic rings. The molecule has 0 saturated carbocycles. The SMILES string of the molecule is CC(C)(C)c1ccc(C(=O)NN=Cc2ccc(-c3ccc(Cl)cc3)o2)cc1. The van der Waals surface area contributed by atoms with Crippen LogP contribution in [0.1, 0.15) is 42.5 Å². The highest BCUT2D eigenvalue weighted by Gasteiger charge is 2.14. The summed E-state index contributed by atoms with van der Waals surface area (Å²) in [4.78, 5) is 12.2. The van der Waals surface area contributed by atoms with Crippen LogP contribution in [0.25, 0.3) is 11.3 Å². The van der Waals surface area contributed by atoms with Gasteiger partial charge in [-0.25, -0.2) is 5.43 Å². The average Bonchev–Trinajstić information content (AvgIpc) is 3.10. The standard InChI is InChI=1S/C22H21ClN2O2/c1-22(2,3)17-8-4-16(5-9-17)21(26)25-24-14-19-12-13-20(27-19)15-6-10-18(23)11-7-15/h4-14H,1-3H3,(H,25,26). The summed E-state index contributed by atoms with van der Waals surface area (Å²) >= 11 is 5.89. The van der Waals surface area contributed by atoms with E-state index in [1.165, 1.54) is 11.8 Å². The number of rotatable bonds is 4. The molecular weight excluding hydrogens is 360 g/mol. The molecule has 0 atom stereocenters. The summed E-state index contributed by atoms with van der Waals surface area (Å²) in [7, 11) is 0. The first-order valence-electron chi connectivity index (χ1n) is 8.63. The van der Waals surface area contributed by atoms with Gasteiger partial charge in [0.2, 0.25) is 0 Å². The number of hydrazone groups is 1. The minimum atomic E-state index is -0.267. The molecule has 3 rings (SSSR count). The van der Waals surface area contributed by atoms with Crippen molar-refractivity contribution in [3.8, 4) is 11.3 Å². The van der Waals surface area contributed by atoms with E-state index in [1.54, 1.807) is 30.3 Å². The molecule has 3 aromatic rings. The second-order valence-corrected chi connectivity index (χ2v) is 7.67. The van der Waals surface area contributed by atoms with Crippen LogP contribution in [-0.4, -0.2) is 12.1 Å². The third kappa shape index (κ3) is 4.86. The van der Waals surface area contributed by atoms with E-state index in [2.05, 4.69) is 31.3 Å². The maximum Gasteiger partial charge on any atom is 0.271 e. The zero-order valence-electron chi connectivity index (χ0n) is 15.5. The number of hydrogen-bond acceptors (Lipinski definition) is 3. The van der Waals surface area contributed by atoms with Crippen molar-refractivity contribution >= 4 is 23.7 Å². The van der Waals surface area contributed by atoms with Gasteiger partial charge in [-0.3, -0.25) is 4.79 Å². The number of carbonyl (C=O) groups is 1. The maximum absolute atomic E-state index is 12.2. The Morgan fingerprint density at radius 2 is 1.67 bits per heavy atom. The van der Waals surface area contributed by atoms with Gasteiger partial charge in [0.05, 0.1) is 6.21 Å². The minimum Gasteiger partial charge on any atom is -0.455 e. The number of furan rings is 1. The lowest BCUT2D eigenvalue weighted by Crippen LogP contribution is -2.18. The van der Waals surface area contributed by atoms with Gasteiger partial charge in [-0.05, 0) is 59.5 Å². The molecule has 0 spiro atoms. The van der Waals surface area contributed by atoms with E-state index in [9.17, 15) is 4.79 Å². The van der Waals surface area contributed by atoms with Crippen LogP contribution in [0.15, 0.2) is 70.2 Å². The quantitative estimate of drug-likeness (QED) is 0.469. The fourth-order valence-electron chi connectivity index (χ4n) is 2.53. The lowest BCUT2D eigenvalue weighted by atomic mass is 9.87. The molecule has 27 heavy (non-hydrogen) atoms. The fraction of sp³-hybridized carbons (Fsp3) is 0.182. The molecule has 138 valence electrons. The van der Waals surface area contributed by atoms with Crippen molar-refractivity contribution in [1.29, 1.82) is 0 Å². The van der Waals surface area contributed by atoms with Gasteiger partial charge in [-0.15, -0.1) is 0 Å². The van der Waals surface area contributed by atoms with E-state index in [1.807, 2.05) is 30.3 Å². The number of nitrogens with zero attached hydrogens (tertiary/aromatic N) is 1. The third-order valence-electron chi connectivity index (χ3n) is 4.13. The van der Waals surface area contributed by atoms with E-state index < -0.39 is 0 Å². The van der Waals surface area contributed by atoms with Gasteiger partial charge < -0.3 is 4.42 Å². The van der Waals surface area contributed by atoms with Gasteiger partial charge in [0.1, 0.15) is 11.5 Å². The number of benzene rings is 2. The molecule has 1 aromatic heterocycles. The van der Waals surface area contributed by atoms with Crippen LogP contribution >= 0.6 is 11.6 Å². The summed E-state index contributed by atoms with van der Waals surface area (Å²) < 4.78 is 5.71. The highest BCUT2D eigenvalue weighted by molar-refractivity contribution is 6.30. The maximum atomic E-state index is 12.2. The predicted molar refractivity (Wildman–Crippen MR) is 109 cm³/mol. The Kier molecular flexibility index (Phi) is 5.47. The van der Waals surface area contributed by atoms with Gasteiger partial charge in [0.15, 0.2) is 0 Å². The minimum absolute atomic E-state index is 0.0498. The van der Waals surface area contributed by atoms with Gasteiger partial charge in [-0.1, -0.05) is 44.5 Å². The Morgan fingerprint density at radius 3 is 2.30 bits per heavy atom. The Hall–Kier alpha value is -2.85. The van der Waals surface area contributed by atoms with E-state index in [-0.39, 0.29) is 11.3 Å². The second-order valence-electron chi connectivity index (χ2n) is 7.24. The number of carbonyl (C=O) groups excluding carboxylic acids is 1. The van der Waals surface area contributed by atoms with Crippen LogP contribution in [0.4, 0.5) is 0 Å². The lowest BCUT2D eigenvalue weighted by molar-refractivity contribution is 0.0955. The number of hydrogen-bond donors (Lipinski definition) is 1. The molecule has 0 aliphatic carbocycles. The Bertz CT molecular complexity index is 949. The second kappa shape index (κ2) is 7.80. The molecular formula is C22H21ClN2O2. The van der Waals surface area contributed by atoms with E-state index in [0.717, 1.165) is 5.56 Å². The van der Waals surface area contributed by atoms with Crippen molar-refractivity contribution in [3.63, 3.8) is 0 Å². The van der Waals surface area contributed by atoms with Crippen LogP contribution in [0, 0.1) is 0 Å². The molecule has 5 heteroatoms. The summed E-state index contributed by atoms with van der Waals surface area (Å²) in [5.74, 6) is 0.983. The first kappa shape index (κ1) is 18.9. The van der Waals surface area contributed by atoms with E-state index in [0.29, 0.717) is 22.1 Å². The topological polar surface area (TPSA) is 54.6 Å². The Morgan fingerprint density at radius 1 is 1.00 bits per heavy atom. The number of amides is 1. The molecule has 2 aromatic carbocycles. The van der Waals surface area contributed by atoms with Crippen molar-refractivity contribution in [2.24, 2.45) is 5.10 Å². The first-order chi connectivity index (χ1) is 12.8. The molecule has 0 saturated heterocycles. The average molecular weight is 381 g/mol. The van der Waals surface area contributed by atoms with Gasteiger partial charge in [-0.2, -0.15) is 5.10 Å². The van der Waals surface area contributed by atoms with Crippen molar-refractivity contribution in [2.45, 2.75) is 26.2 Å². The number of nitrogens with one attached hydrogen (secondary N) is 1. The third-order valence-corrected chi connectivity index (χ3v) is 4.38. The van der Waals surface area contributed by atoms with Gasteiger partial charge in [0, 0.05) is 16.1 Å². The van der Waals surface area contributed by atoms with Gasteiger partial charge in [0.25, 0.3) is 5.91 Å². The first-order valence-corrected chi connectivity index (χ1v) is 9.00. The Balaban J connectivity index is 1.62. The molecule has 0 bridgehead atoms. The molecule has 0 aliphatic heterocycles. The predicted octanol–water partition coefficient (Wildman–Crippen LogP) is 5.66. The summed E-state index contributed by atoms with van der Waals surface area (Å²) in [6, 6.07) is 18.5. The summed E-state index contributed by atoms with van der Waals surface area (Å²) in [6.45, 7) is 6.40. The summed E-state index contributed by atoms with van der Waals surface area (Å²) in [6.07, 6.45) is 1.47. The largest absolute Gasteiger partial charge is 0.455 e. The van der Waals surface area contributed by atoms with E-state index >= 15 is 0 Å². The smallest absolute Gasteiger partial charge is 0.271 e. The molecule has 1 heterocycles. The van der Waals surface area contributed by atoms with E-state index in [4.69, 9.17) is 16.0 Å². The lowest BCUT2D eigenvalue weighted by Gasteiger charge is -2.18. The highest BCUT2D eigenvalue weighted by atomic mass is 35.5. The summed E-state index contributed by atoms with van der Waals surface area (Å²) in [5, 5.41) is 4.64. The van der Waals surface area contributed by atoms with Crippen LogP contribution in [0.3, 0.4) is 0 Å². The zero-order valence-corrected chi connectivity index (χ0v) is 16.2. The Labute approximate surface area is 163 Å². The fourth-order valence-corrected chi connectivity index (χ4v) is 2.66. The van der Waals surface area contributed by atoms with Crippen molar-refractivity contribution in [2.75, 3.05) is 0 Å². The van der Waals surface area contributed by atoms with Crippen molar-refractivity contribution < 1.29 is 9.21 Å². The highest BCUT2D eigenvalue weighted by Crippen LogP contribution is 2.23. The van der Waals surface area contributed by atoms with Crippen LogP contribution in [0.2, 0.25) is 5.02 Å². The van der Waals surface area contributed by atoms with Crippen molar-refractivity contribution in [3.05, 3.63) is 82.6 Å². The molecule has 0 unspecified atom stereocenters. The number of halogens is 1.